The van der Waals surface area contributed by atoms with Crippen LogP contribution in [0.2, 0.25) is 0 Å². The summed E-state index contributed by atoms with van der Waals surface area (Å²) in [6, 6.07) is 0. The number of rotatable bonds is 2. The molecule has 1 aromatic rings. The third kappa shape index (κ3) is 2.77. The second-order valence-corrected chi connectivity index (χ2v) is 6.49. The predicted molar refractivity (Wildman–Crippen MR) is 80.8 cm³/mol. The van der Waals surface area contributed by atoms with E-state index >= 15 is 0 Å². The van der Waals surface area contributed by atoms with Crippen molar-refractivity contribution in [1.29, 1.82) is 0 Å². The first-order valence-corrected chi connectivity index (χ1v) is 7.39. The third-order valence-corrected chi connectivity index (χ3v) is 4.49. The van der Waals surface area contributed by atoms with E-state index in [9.17, 15) is 0 Å². The third-order valence-electron chi connectivity index (χ3n) is 4.49. The smallest absolute Gasteiger partial charge is 0.398 e. The van der Waals surface area contributed by atoms with E-state index in [1.807, 2.05) is 27.7 Å². The maximum absolute atomic E-state index is 5.98. The fourth-order valence-electron chi connectivity index (χ4n) is 2.37. The van der Waals surface area contributed by atoms with Gasteiger partial charge in [-0.15, -0.1) is 0 Å². The molecule has 0 unspecified atom stereocenters. The number of aromatic nitrogens is 2. The van der Waals surface area contributed by atoms with E-state index < -0.39 is 7.12 Å². The van der Waals surface area contributed by atoms with Gasteiger partial charge in [-0.25, -0.2) is 4.98 Å². The fourth-order valence-corrected chi connectivity index (χ4v) is 2.37. The number of nitrogens with zero attached hydrogens (tertiary/aromatic N) is 3. The van der Waals surface area contributed by atoms with Crippen LogP contribution in [0.25, 0.3) is 0 Å². The van der Waals surface area contributed by atoms with Crippen molar-refractivity contribution in [2.24, 2.45) is 0 Å². The molecule has 114 valence electrons. The lowest BCUT2D eigenvalue weighted by Gasteiger charge is -2.32. The van der Waals surface area contributed by atoms with E-state index in [4.69, 9.17) is 14.0 Å². The summed E-state index contributed by atoms with van der Waals surface area (Å²) in [5, 5.41) is 0. The fraction of sp³-hybridized carbons (Fsp3) is 0.714. The predicted octanol–water partition coefficient (Wildman–Crippen LogP) is 0.612. The SMILES string of the molecule is CC1(C)OB(c2cnc(N3CCOCC3)cn2)OC1(C)C. The zero-order chi connectivity index (χ0) is 15.1. The van der Waals surface area contributed by atoms with E-state index in [0.717, 1.165) is 32.1 Å². The minimum absolute atomic E-state index is 0.359. The number of hydrogen-bond acceptors (Lipinski definition) is 6. The van der Waals surface area contributed by atoms with Gasteiger partial charge in [0.05, 0.1) is 36.2 Å². The molecule has 0 atom stereocenters. The van der Waals surface area contributed by atoms with Gasteiger partial charge in [-0.3, -0.25) is 4.98 Å². The summed E-state index contributed by atoms with van der Waals surface area (Å²) < 4.78 is 17.3. The van der Waals surface area contributed by atoms with Gasteiger partial charge < -0.3 is 18.9 Å². The largest absolute Gasteiger partial charge is 0.516 e. The average Bonchev–Trinajstić information content (AvgIpc) is 2.69. The van der Waals surface area contributed by atoms with Crippen molar-refractivity contribution in [3.05, 3.63) is 12.4 Å². The first-order chi connectivity index (χ1) is 9.89. The molecule has 3 heterocycles. The highest BCUT2D eigenvalue weighted by Crippen LogP contribution is 2.36. The number of morpholine rings is 1. The van der Waals surface area contributed by atoms with Crippen molar-refractivity contribution in [2.75, 3.05) is 31.2 Å². The summed E-state index contributed by atoms with van der Waals surface area (Å²) in [4.78, 5) is 11.1. The molecule has 0 saturated carbocycles. The highest BCUT2D eigenvalue weighted by atomic mass is 16.7. The molecular formula is C14H22BN3O3. The molecule has 2 aliphatic rings. The Hall–Kier alpha value is -1.18. The first kappa shape index (κ1) is 14.7. The molecule has 21 heavy (non-hydrogen) atoms. The van der Waals surface area contributed by atoms with Crippen molar-refractivity contribution in [3.8, 4) is 0 Å². The van der Waals surface area contributed by atoms with Gasteiger partial charge in [-0.05, 0) is 27.7 Å². The van der Waals surface area contributed by atoms with Crippen LogP contribution in [-0.2, 0) is 14.0 Å². The zero-order valence-corrected chi connectivity index (χ0v) is 13.1. The summed E-state index contributed by atoms with van der Waals surface area (Å²) in [6.07, 6.45) is 3.53. The van der Waals surface area contributed by atoms with E-state index in [-0.39, 0.29) is 11.2 Å². The van der Waals surface area contributed by atoms with Crippen molar-refractivity contribution in [2.45, 2.75) is 38.9 Å². The van der Waals surface area contributed by atoms with Gasteiger partial charge >= 0.3 is 7.12 Å². The molecule has 2 saturated heterocycles. The standard InChI is InChI=1S/C14H22BN3O3/c1-13(2)14(3,4)21-15(20-13)11-9-17-12(10-16-11)18-5-7-19-8-6-18/h9-10H,5-8H2,1-4H3. The number of hydrogen-bond donors (Lipinski definition) is 0. The summed E-state index contributed by atoms with van der Waals surface area (Å²) in [5.41, 5.74) is -0.00423. The lowest BCUT2D eigenvalue weighted by atomic mass is 9.85. The van der Waals surface area contributed by atoms with Gasteiger partial charge in [0.2, 0.25) is 0 Å². The zero-order valence-electron chi connectivity index (χ0n) is 13.1. The Morgan fingerprint density at radius 3 is 2.14 bits per heavy atom. The highest BCUT2D eigenvalue weighted by molar-refractivity contribution is 6.61. The van der Waals surface area contributed by atoms with Gasteiger partial charge in [0.1, 0.15) is 5.82 Å². The normalized spacial score (nSPS) is 24.4. The van der Waals surface area contributed by atoms with Crippen molar-refractivity contribution >= 4 is 18.5 Å². The Bertz CT molecular complexity index is 485. The van der Waals surface area contributed by atoms with Crippen LogP contribution in [0.3, 0.4) is 0 Å². The van der Waals surface area contributed by atoms with Crippen molar-refractivity contribution < 1.29 is 14.0 Å². The molecule has 0 aliphatic carbocycles. The van der Waals surface area contributed by atoms with E-state index in [1.165, 1.54) is 0 Å². The number of ether oxygens (including phenoxy) is 1. The van der Waals surface area contributed by atoms with Crippen LogP contribution in [0.1, 0.15) is 27.7 Å². The van der Waals surface area contributed by atoms with E-state index in [0.29, 0.717) is 5.59 Å². The van der Waals surface area contributed by atoms with Crippen molar-refractivity contribution in [1.82, 2.24) is 9.97 Å². The van der Waals surface area contributed by atoms with Gasteiger partial charge in [-0.2, -0.15) is 0 Å². The molecule has 1 aromatic heterocycles. The monoisotopic (exact) mass is 291 g/mol. The molecule has 6 nitrogen and oxygen atoms in total. The molecule has 2 aliphatic heterocycles. The summed E-state index contributed by atoms with van der Waals surface area (Å²) in [5.74, 6) is 0.874. The van der Waals surface area contributed by atoms with Crippen LogP contribution in [0, 0.1) is 0 Å². The Kier molecular flexibility index (Phi) is 3.67. The van der Waals surface area contributed by atoms with Crippen LogP contribution >= 0.6 is 0 Å². The molecule has 0 N–H and O–H groups in total. The topological polar surface area (TPSA) is 56.7 Å². The van der Waals surface area contributed by atoms with Crippen LogP contribution in [-0.4, -0.2) is 54.6 Å². The molecule has 0 aromatic carbocycles. The summed E-state index contributed by atoms with van der Waals surface area (Å²) in [6.45, 7) is 11.3. The second-order valence-electron chi connectivity index (χ2n) is 6.49. The van der Waals surface area contributed by atoms with Crippen molar-refractivity contribution in [3.63, 3.8) is 0 Å². The number of anilines is 1. The molecule has 3 rings (SSSR count). The van der Waals surface area contributed by atoms with Gasteiger partial charge in [0, 0.05) is 19.3 Å². The van der Waals surface area contributed by atoms with Crippen LogP contribution in [0.15, 0.2) is 12.4 Å². The van der Waals surface area contributed by atoms with Crippen LogP contribution in [0.4, 0.5) is 5.82 Å². The summed E-state index contributed by atoms with van der Waals surface area (Å²) >= 11 is 0. The maximum atomic E-state index is 5.98. The molecule has 0 radical (unpaired) electrons. The second kappa shape index (κ2) is 5.23. The Labute approximate surface area is 126 Å². The Morgan fingerprint density at radius 1 is 1.00 bits per heavy atom. The van der Waals surface area contributed by atoms with Gasteiger partial charge in [0.25, 0.3) is 0 Å². The average molecular weight is 291 g/mol. The minimum Gasteiger partial charge on any atom is -0.398 e. The highest BCUT2D eigenvalue weighted by Gasteiger charge is 2.52. The van der Waals surface area contributed by atoms with Gasteiger partial charge in [-0.1, -0.05) is 0 Å². The van der Waals surface area contributed by atoms with Crippen LogP contribution < -0.4 is 10.5 Å². The minimum atomic E-state index is -0.457. The molecule has 0 spiro atoms. The lowest BCUT2D eigenvalue weighted by molar-refractivity contribution is 0.00578. The molecule has 0 amide bonds. The maximum Gasteiger partial charge on any atom is 0.516 e. The molecule has 0 bridgehead atoms. The van der Waals surface area contributed by atoms with E-state index in [2.05, 4.69) is 14.9 Å². The quantitative estimate of drug-likeness (QED) is 0.744. The van der Waals surface area contributed by atoms with Gasteiger partial charge in [0.15, 0.2) is 0 Å². The molecule has 7 heteroatoms. The van der Waals surface area contributed by atoms with Crippen LogP contribution in [0.5, 0.6) is 0 Å². The lowest BCUT2D eigenvalue weighted by Crippen LogP contribution is -2.41. The Balaban J connectivity index is 1.73. The summed E-state index contributed by atoms with van der Waals surface area (Å²) in [7, 11) is -0.457. The first-order valence-electron chi connectivity index (χ1n) is 7.39. The Morgan fingerprint density at radius 2 is 1.62 bits per heavy atom. The molecular weight excluding hydrogens is 269 g/mol. The van der Waals surface area contributed by atoms with E-state index in [1.54, 1.807) is 12.4 Å². The molecule has 2 fully saturated rings.